The van der Waals surface area contributed by atoms with Crippen LogP contribution < -0.4 is 0 Å². The average molecular weight is 1550 g/mol. The molecule has 0 aliphatic carbocycles. The molecule has 630 valence electrons. The number of aliphatic hydroxyl groups excluding tert-OH is 1. The van der Waals surface area contributed by atoms with Crippen molar-refractivity contribution in [2.75, 3.05) is 39.6 Å². The van der Waals surface area contributed by atoms with Gasteiger partial charge in [-0.25, -0.2) is 9.13 Å². The summed E-state index contributed by atoms with van der Waals surface area (Å²) < 4.78 is 68.9. The summed E-state index contributed by atoms with van der Waals surface area (Å²) in [5.41, 5.74) is 0. The monoisotopic (exact) mass is 1550 g/mol. The number of unbranched alkanes of at least 4 members (excludes halogenated alkanes) is 55. The minimum Gasteiger partial charge on any atom is -0.462 e. The van der Waals surface area contributed by atoms with Gasteiger partial charge in [0, 0.05) is 25.7 Å². The summed E-state index contributed by atoms with van der Waals surface area (Å²) in [6.07, 6.45) is 70.8. The van der Waals surface area contributed by atoms with Crippen molar-refractivity contribution in [3.05, 3.63) is 0 Å². The first-order valence-corrected chi connectivity index (χ1v) is 48.0. The number of carbonyl (C=O) groups excluding carboxylic acids is 4. The number of aliphatic hydroxyl groups is 1. The molecule has 0 rings (SSSR count). The van der Waals surface area contributed by atoms with Gasteiger partial charge in [-0.2, -0.15) is 0 Å². The Labute approximate surface area is 651 Å². The summed E-state index contributed by atoms with van der Waals surface area (Å²) in [5.74, 6) is -0.511. The van der Waals surface area contributed by atoms with Gasteiger partial charge in [0.05, 0.1) is 26.4 Å². The topological polar surface area (TPSA) is 237 Å². The maximum Gasteiger partial charge on any atom is 0.472 e. The Morgan fingerprint density at radius 2 is 0.481 bits per heavy atom. The van der Waals surface area contributed by atoms with Gasteiger partial charge in [-0.05, 0) is 37.5 Å². The lowest BCUT2D eigenvalue weighted by Gasteiger charge is -2.21. The molecule has 0 radical (unpaired) electrons. The summed E-state index contributed by atoms with van der Waals surface area (Å²) in [6.45, 7) is 9.71. The van der Waals surface area contributed by atoms with Gasteiger partial charge in [0.15, 0.2) is 12.2 Å². The van der Waals surface area contributed by atoms with Crippen LogP contribution in [0.3, 0.4) is 0 Å². The number of phosphoric ester groups is 2. The second-order valence-corrected chi connectivity index (χ2v) is 34.9. The van der Waals surface area contributed by atoms with E-state index in [1.807, 2.05) is 0 Å². The Hall–Kier alpha value is -1.94. The van der Waals surface area contributed by atoms with Crippen molar-refractivity contribution >= 4 is 39.5 Å². The molecule has 6 atom stereocenters. The van der Waals surface area contributed by atoms with E-state index in [-0.39, 0.29) is 25.7 Å². The number of phosphoric acid groups is 2. The van der Waals surface area contributed by atoms with Crippen molar-refractivity contribution in [3.8, 4) is 0 Å². The zero-order valence-corrected chi connectivity index (χ0v) is 71.5. The van der Waals surface area contributed by atoms with Crippen LogP contribution in [0.15, 0.2) is 0 Å². The minimum atomic E-state index is -4.97. The van der Waals surface area contributed by atoms with Gasteiger partial charge in [-0.1, -0.05) is 414 Å². The molecule has 0 aromatic rings. The summed E-state index contributed by atoms with van der Waals surface area (Å²) in [7, 11) is -9.93. The Kier molecular flexibility index (Phi) is 76.9. The second-order valence-electron chi connectivity index (χ2n) is 32.0. The van der Waals surface area contributed by atoms with Crippen molar-refractivity contribution in [1.29, 1.82) is 0 Å². The highest BCUT2D eigenvalue weighted by Gasteiger charge is 2.30. The first-order valence-electron chi connectivity index (χ1n) is 45.0. The summed E-state index contributed by atoms with van der Waals surface area (Å²) in [4.78, 5) is 73.3. The van der Waals surface area contributed by atoms with E-state index in [9.17, 15) is 43.2 Å². The second kappa shape index (κ2) is 78.3. The van der Waals surface area contributed by atoms with Crippen molar-refractivity contribution in [2.45, 2.75) is 484 Å². The molecule has 0 amide bonds. The molecule has 3 unspecified atom stereocenters. The van der Waals surface area contributed by atoms with Crippen LogP contribution in [0.5, 0.6) is 0 Å². The van der Waals surface area contributed by atoms with Crippen molar-refractivity contribution in [3.63, 3.8) is 0 Å². The largest absolute Gasteiger partial charge is 0.472 e. The predicted octanol–water partition coefficient (Wildman–Crippen LogP) is 26.6. The highest BCUT2D eigenvalue weighted by Crippen LogP contribution is 2.45. The summed E-state index contributed by atoms with van der Waals surface area (Å²) >= 11 is 0. The standard InChI is InChI=1S/C87H170O17P2/c1-7-10-12-14-16-18-20-22-23-24-25-26-27-28-29-34-38-42-46-54-60-66-72-87(92)103-82(75-97-84(89)69-63-57-51-44-40-37-33-31-30-32-36-39-43-49-55-61-67-79(4)5)77-101-105(93,94)99-73-81(88)74-100-106(95,96)102-78-83(76-98-85(90)70-64-58-52-48-47-50-56-62-68-80(6)9-3)104-86(91)71-65-59-53-45-41-35-21-19-17-15-13-11-8-2/h79-83,88H,7-78H2,1-6H3,(H,93,94)(H,95,96)/t80?,81-,82-,83-/m1/s1. The molecule has 0 aromatic heterocycles. The van der Waals surface area contributed by atoms with Crippen LogP contribution in [0.1, 0.15) is 465 Å². The molecule has 0 heterocycles. The number of esters is 4. The van der Waals surface area contributed by atoms with Gasteiger partial charge >= 0.3 is 39.5 Å². The van der Waals surface area contributed by atoms with Crippen LogP contribution in [-0.4, -0.2) is 96.7 Å². The van der Waals surface area contributed by atoms with Crippen LogP contribution in [0.4, 0.5) is 0 Å². The van der Waals surface area contributed by atoms with Gasteiger partial charge in [0.1, 0.15) is 19.3 Å². The first-order chi connectivity index (χ1) is 51.4. The smallest absolute Gasteiger partial charge is 0.462 e. The Balaban J connectivity index is 5.23. The zero-order chi connectivity index (χ0) is 77.8. The average Bonchev–Trinajstić information content (AvgIpc) is 0.923. The normalized spacial score (nSPS) is 14.1. The van der Waals surface area contributed by atoms with E-state index in [1.165, 1.54) is 283 Å². The van der Waals surface area contributed by atoms with E-state index in [1.54, 1.807) is 0 Å². The number of rotatable bonds is 86. The van der Waals surface area contributed by atoms with Crippen LogP contribution in [0.25, 0.3) is 0 Å². The maximum atomic E-state index is 13.2. The molecular formula is C87H170O17P2. The minimum absolute atomic E-state index is 0.108. The van der Waals surface area contributed by atoms with E-state index in [0.717, 1.165) is 102 Å². The number of hydrogen-bond acceptors (Lipinski definition) is 15. The summed E-state index contributed by atoms with van der Waals surface area (Å²) in [5, 5.41) is 10.7. The molecule has 0 saturated heterocycles. The molecule has 0 saturated carbocycles. The molecule has 106 heavy (non-hydrogen) atoms. The molecule has 19 heteroatoms. The van der Waals surface area contributed by atoms with Crippen LogP contribution in [0.2, 0.25) is 0 Å². The Bertz CT molecular complexity index is 2030. The SMILES string of the molecule is CCCCCCCCCCCCCCCCCCCCCCCCC(=O)O[C@H](COC(=O)CCCCCCCCCCCCCCCCCCC(C)C)COP(=O)(O)OC[C@@H](O)COP(=O)(O)OC[C@@H](COC(=O)CCCCCCCCCCC(C)CC)OC(=O)CCCCCCCCCCCCCCC. The van der Waals surface area contributed by atoms with Gasteiger partial charge in [-0.3, -0.25) is 37.3 Å². The van der Waals surface area contributed by atoms with Crippen LogP contribution in [0, 0.1) is 11.8 Å². The number of hydrogen-bond donors (Lipinski definition) is 3. The fraction of sp³-hybridized carbons (Fsp3) is 0.954. The molecule has 0 fully saturated rings. The maximum absolute atomic E-state index is 13.2. The van der Waals surface area contributed by atoms with E-state index < -0.39 is 97.5 Å². The molecule has 0 aliphatic rings. The van der Waals surface area contributed by atoms with Gasteiger partial charge < -0.3 is 33.8 Å². The predicted molar refractivity (Wildman–Crippen MR) is 437 cm³/mol. The van der Waals surface area contributed by atoms with Gasteiger partial charge in [0.25, 0.3) is 0 Å². The molecule has 3 N–H and O–H groups in total. The quantitative estimate of drug-likeness (QED) is 0.0222. The van der Waals surface area contributed by atoms with E-state index in [0.29, 0.717) is 25.7 Å². The lowest BCUT2D eigenvalue weighted by Crippen LogP contribution is -2.30. The highest BCUT2D eigenvalue weighted by atomic mass is 31.2. The fourth-order valence-corrected chi connectivity index (χ4v) is 15.1. The molecule has 17 nitrogen and oxygen atoms in total. The molecule has 0 aliphatic heterocycles. The number of ether oxygens (including phenoxy) is 4. The Morgan fingerprint density at radius 3 is 0.717 bits per heavy atom. The first kappa shape index (κ1) is 104. The van der Waals surface area contributed by atoms with Crippen molar-refractivity contribution in [2.24, 2.45) is 11.8 Å². The van der Waals surface area contributed by atoms with Crippen molar-refractivity contribution in [1.82, 2.24) is 0 Å². The number of carbonyl (C=O) groups is 4. The Morgan fingerprint density at radius 1 is 0.274 bits per heavy atom. The molecular weight excluding hydrogens is 1380 g/mol. The lowest BCUT2D eigenvalue weighted by atomic mass is 9.99. The molecule has 0 spiro atoms. The highest BCUT2D eigenvalue weighted by molar-refractivity contribution is 7.47. The van der Waals surface area contributed by atoms with E-state index in [4.69, 9.17) is 37.0 Å². The lowest BCUT2D eigenvalue weighted by molar-refractivity contribution is -0.161. The van der Waals surface area contributed by atoms with Crippen molar-refractivity contribution < 1.29 is 80.2 Å². The van der Waals surface area contributed by atoms with Gasteiger partial charge in [-0.15, -0.1) is 0 Å². The third-order valence-electron chi connectivity index (χ3n) is 20.8. The van der Waals surface area contributed by atoms with E-state index in [2.05, 4.69) is 41.5 Å². The van der Waals surface area contributed by atoms with E-state index >= 15 is 0 Å². The van der Waals surface area contributed by atoms with Gasteiger partial charge in [0.2, 0.25) is 0 Å². The molecule has 0 bridgehead atoms. The van der Waals surface area contributed by atoms with Crippen LogP contribution >= 0.6 is 15.6 Å². The third-order valence-corrected chi connectivity index (χ3v) is 22.7. The summed E-state index contributed by atoms with van der Waals surface area (Å²) in [6, 6.07) is 0. The third kappa shape index (κ3) is 78.7. The fourth-order valence-electron chi connectivity index (χ4n) is 13.6. The van der Waals surface area contributed by atoms with Crippen LogP contribution in [-0.2, 0) is 65.4 Å². The molecule has 0 aromatic carbocycles. The zero-order valence-electron chi connectivity index (χ0n) is 69.7.